The zero-order chi connectivity index (χ0) is 15.2. The Morgan fingerprint density at radius 3 is 2.81 bits per heavy atom. The SMILES string of the molecule is C#Cc1ccc2c(c1)C(N1CCCC1=O)=C(O)C(C)(C)O2. The van der Waals surface area contributed by atoms with Gasteiger partial charge in [-0.1, -0.05) is 5.92 Å². The van der Waals surface area contributed by atoms with Crippen molar-refractivity contribution >= 4 is 11.6 Å². The number of carbonyl (C=O) groups excluding carboxylic acids is 1. The first-order valence-corrected chi connectivity index (χ1v) is 6.98. The van der Waals surface area contributed by atoms with Gasteiger partial charge in [-0.25, -0.2) is 0 Å². The number of likely N-dealkylation sites (tertiary alicyclic amines) is 1. The lowest BCUT2D eigenvalue weighted by Crippen LogP contribution is -2.38. The van der Waals surface area contributed by atoms with Gasteiger partial charge >= 0.3 is 0 Å². The van der Waals surface area contributed by atoms with E-state index in [9.17, 15) is 9.90 Å². The van der Waals surface area contributed by atoms with E-state index in [1.54, 1.807) is 36.9 Å². The lowest BCUT2D eigenvalue weighted by atomic mass is 9.95. The number of terminal acetylenes is 1. The van der Waals surface area contributed by atoms with E-state index in [1.165, 1.54) is 0 Å². The first-order chi connectivity index (χ1) is 9.94. The van der Waals surface area contributed by atoms with Gasteiger partial charge in [-0.3, -0.25) is 4.79 Å². The lowest BCUT2D eigenvalue weighted by molar-refractivity contribution is -0.125. The van der Waals surface area contributed by atoms with Crippen molar-refractivity contribution in [3.63, 3.8) is 0 Å². The monoisotopic (exact) mass is 283 g/mol. The van der Waals surface area contributed by atoms with Crippen LogP contribution in [-0.2, 0) is 4.79 Å². The Morgan fingerprint density at radius 1 is 1.43 bits per heavy atom. The highest BCUT2D eigenvalue weighted by Crippen LogP contribution is 2.42. The molecule has 1 amide bonds. The standard InChI is InChI=1S/C17H17NO3/c1-4-11-7-8-13-12(10-11)15(16(20)17(2,3)21-13)18-9-5-6-14(18)19/h1,7-8,10,20H,5-6,9H2,2-3H3. The molecule has 1 aromatic carbocycles. The van der Waals surface area contributed by atoms with Crippen LogP contribution in [0.1, 0.15) is 37.8 Å². The maximum Gasteiger partial charge on any atom is 0.227 e. The van der Waals surface area contributed by atoms with Crippen LogP contribution >= 0.6 is 0 Å². The maximum absolute atomic E-state index is 12.1. The molecule has 1 aromatic rings. The average Bonchev–Trinajstić information content (AvgIpc) is 2.86. The van der Waals surface area contributed by atoms with Crippen LogP contribution in [0.3, 0.4) is 0 Å². The van der Waals surface area contributed by atoms with Crippen molar-refractivity contribution < 1.29 is 14.6 Å². The van der Waals surface area contributed by atoms with E-state index >= 15 is 0 Å². The molecule has 0 bridgehead atoms. The van der Waals surface area contributed by atoms with Gasteiger partial charge < -0.3 is 14.7 Å². The summed E-state index contributed by atoms with van der Waals surface area (Å²) in [6.07, 6.45) is 6.74. The molecule has 0 atom stereocenters. The summed E-state index contributed by atoms with van der Waals surface area (Å²) in [6, 6.07) is 5.36. The highest BCUT2D eigenvalue weighted by atomic mass is 16.5. The van der Waals surface area contributed by atoms with Gasteiger partial charge in [0.2, 0.25) is 5.91 Å². The van der Waals surface area contributed by atoms with Crippen molar-refractivity contribution in [1.29, 1.82) is 0 Å². The molecule has 21 heavy (non-hydrogen) atoms. The molecule has 3 rings (SSSR count). The molecule has 0 aliphatic carbocycles. The van der Waals surface area contributed by atoms with Crippen LogP contribution in [-0.4, -0.2) is 28.1 Å². The van der Waals surface area contributed by atoms with Crippen LogP contribution < -0.4 is 4.74 Å². The molecule has 1 N–H and O–H groups in total. The first kappa shape index (κ1) is 13.6. The number of aliphatic hydroxyl groups excluding tert-OH is 1. The highest BCUT2D eigenvalue weighted by Gasteiger charge is 2.40. The Balaban J connectivity index is 2.22. The molecule has 4 heteroatoms. The second kappa shape index (κ2) is 4.56. The van der Waals surface area contributed by atoms with Gasteiger partial charge in [-0.15, -0.1) is 6.42 Å². The number of fused-ring (bicyclic) bond motifs is 1. The number of hydrogen-bond donors (Lipinski definition) is 1. The van der Waals surface area contributed by atoms with Crippen LogP contribution in [0.15, 0.2) is 24.0 Å². The number of aliphatic hydroxyl groups is 1. The van der Waals surface area contributed by atoms with Crippen LogP contribution in [0.4, 0.5) is 0 Å². The molecule has 108 valence electrons. The number of benzene rings is 1. The van der Waals surface area contributed by atoms with E-state index in [-0.39, 0.29) is 11.7 Å². The third-order valence-electron chi connectivity index (χ3n) is 3.90. The molecular formula is C17H17NO3. The maximum atomic E-state index is 12.1. The number of rotatable bonds is 1. The molecule has 4 nitrogen and oxygen atoms in total. The number of carbonyl (C=O) groups is 1. The minimum atomic E-state index is -0.872. The molecule has 0 unspecified atom stereocenters. The molecule has 0 aromatic heterocycles. The van der Waals surface area contributed by atoms with Gasteiger partial charge in [-0.05, 0) is 38.5 Å². The largest absolute Gasteiger partial charge is 0.506 e. The summed E-state index contributed by atoms with van der Waals surface area (Å²) in [4.78, 5) is 13.7. The Labute approximate surface area is 124 Å². The van der Waals surface area contributed by atoms with Gasteiger partial charge in [-0.2, -0.15) is 0 Å². The number of nitrogens with zero attached hydrogens (tertiary/aromatic N) is 1. The summed E-state index contributed by atoms with van der Waals surface area (Å²) in [5, 5.41) is 10.6. The number of hydrogen-bond acceptors (Lipinski definition) is 3. The molecule has 0 radical (unpaired) electrons. The summed E-state index contributed by atoms with van der Waals surface area (Å²) in [5.41, 5.74) is 1.02. The Morgan fingerprint density at radius 2 is 2.19 bits per heavy atom. The normalized spacial score (nSPS) is 20.0. The molecule has 2 aliphatic heterocycles. The Kier molecular flexibility index (Phi) is 2.94. The van der Waals surface area contributed by atoms with Crippen LogP contribution in [0.5, 0.6) is 5.75 Å². The molecule has 1 fully saturated rings. The van der Waals surface area contributed by atoms with Gasteiger partial charge in [0.05, 0.1) is 5.70 Å². The summed E-state index contributed by atoms with van der Waals surface area (Å²) >= 11 is 0. The number of ether oxygens (including phenoxy) is 1. The highest BCUT2D eigenvalue weighted by molar-refractivity contribution is 5.91. The van der Waals surface area contributed by atoms with E-state index in [0.717, 1.165) is 6.42 Å². The molecule has 1 saturated heterocycles. The quantitative estimate of drug-likeness (QED) is 0.806. The fourth-order valence-corrected chi connectivity index (χ4v) is 2.79. The van der Waals surface area contributed by atoms with E-state index in [0.29, 0.717) is 35.5 Å². The summed E-state index contributed by atoms with van der Waals surface area (Å²) < 4.78 is 5.84. The molecule has 2 heterocycles. The summed E-state index contributed by atoms with van der Waals surface area (Å²) in [5.74, 6) is 3.29. The fourth-order valence-electron chi connectivity index (χ4n) is 2.79. The molecule has 0 saturated carbocycles. The second-order valence-corrected chi connectivity index (χ2v) is 5.81. The van der Waals surface area contributed by atoms with Crippen LogP contribution in [0, 0.1) is 12.3 Å². The predicted molar refractivity (Wildman–Crippen MR) is 79.6 cm³/mol. The minimum Gasteiger partial charge on any atom is -0.506 e. The second-order valence-electron chi connectivity index (χ2n) is 5.81. The zero-order valence-corrected chi connectivity index (χ0v) is 12.1. The predicted octanol–water partition coefficient (Wildman–Crippen LogP) is 2.69. The average molecular weight is 283 g/mol. The first-order valence-electron chi connectivity index (χ1n) is 6.98. The Hall–Kier alpha value is -2.41. The van der Waals surface area contributed by atoms with Gasteiger partial charge in [0, 0.05) is 24.1 Å². The number of amides is 1. The zero-order valence-electron chi connectivity index (χ0n) is 12.1. The van der Waals surface area contributed by atoms with Crippen molar-refractivity contribution in [3.05, 3.63) is 35.1 Å². The molecule has 0 spiro atoms. The van der Waals surface area contributed by atoms with Crippen molar-refractivity contribution in [2.75, 3.05) is 6.54 Å². The summed E-state index contributed by atoms with van der Waals surface area (Å²) in [6.45, 7) is 4.16. The fraction of sp³-hybridized carbons (Fsp3) is 0.353. The topological polar surface area (TPSA) is 49.8 Å². The van der Waals surface area contributed by atoms with Gasteiger partial charge in [0.1, 0.15) is 5.75 Å². The van der Waals surface area contributed by atoms with Crippen LogP contribution in [0.2, 0.25) is 0 Å². The van der Waals surface area contributed by atoms with E-state index < -0.39 is 5.60 Å². The third-order valence-corrected chi connectivity index (χ3v) is 3.90. The minimum absolute atomic E-state index is 0.0197. The van der Waals surface area contributed by atoms with Crippen molar-refractivity contribution in [2.24, 2.45) is 0 Å². The van der Waals surface area contributed by atoms with Crippen molar-refractivity contribution in [1.82, 2.24) is 4.90 Å². The lowest BCUT2D eigenvalue weighted by Gasteiger charge is -2.36. The van der Waals surface area contributed by atoms with E-state index in [1.807, 2.05) is 0 Å². The summed E-state index contributed by atoms with van der Waals surface area (Å²) in [7, 11) is 0. The Bertz CT molecular complexity index is 694. The smallest absolute Gasteiger partial charge is 0.227 e. The molecular weight excluding hydrogens is 266 g/mol. The van der Waals surface area contributed by atoms with Gasteiger partial charge in [0.15, 0.2) is 11.4 Å². The molecule has 2 aliphatic rings. The van der Waals surface area contributed by atoms with Crippen molar-refractivity contribution in [2.45, 2.75) is 32.3 Å². The van der Waals surface area contributed by atoms with E-state index in [2.05, 4.69) is 5.92 Å². The van der Waals surface area contributed by atoms with Gasteiger partial charge in [0.25, 0.3) is 0 Å². The third kappa shape index (κ3) is 2.06. The van der Waals surface area contributed by atoms with Crippen LogP contribution in [0.25, 0.3) is 5.70 Å². The van der Waals surface area contributed by atoms with E-state index in [4.69, 9.17) is 11.2 Å². The van der Waals surface area contributed by atoms with Crippen molar-refractivity contribution in [3.8, 4) is 18.1 Å².